The standard InChI is InChI=1S/C17H13BrO2/c1-10-6-14-15(7-11(10)2)20-16(17(14)19)9-12-4-3-5-13(18)8-12/h3-9H,1-2H3/b16-9-. The number of allylic oxidation sites excluding steroid dienone is 1. The van der Waals surface area contributed by atoms with Crippen molar-refractivity contribution in [1.29, 1.82) is 0 Å². The van der Waals surface area contributed by atoms with Crippen LogP contribution in [0, 0.1) is 13.8 Å². The Hall–Kier alpha value is -1.87. The summed E-state index contributed by atoms with van der Waals surface area (Å²) in [5.41, 5.74) is 3.81. The van der Waals surface area contributed by atoms with Crippen molar-refractivity contribution in [2.45, 2.75) is 13.8 Å². The highest BCUT2D eigenvalue weighted by Crippen LogP contribution is 2.34. The molecule has 0 saturated heterocycles. The van der Waals surface area contributed by atoms with Crippen molar-refractivity contribution in [2.75, 3.05) is 0 Å². The summed E-state index contributed by atoms with van der Waals surface area (Å²) in [7, 11) is 0. The zero-order valence-corrected chi connectivity index (χ0v) is 12.8. The molecule has 0 amide bonds. The summed E-state index contributed by atoms with van der Waals surface area (Å²) in [4.78, 5) is 12.3. The van der Waals surface area contributed by atoms with Crippen LogP contribution in [0.2, 0.25) is 0 Å². The van der Waals surface area contributed by atoms with Gasteiger partial charge in [0, 0.05) is 4.47 Å². The average Bonchev–Trinajstić information content (AvgIpc) is 2.68. The van der Waals surface area contributed by atoms with E-state index in [-0.39, 0.29) is 5.78 Å². The van der Waals surface area contributed by atoms with Gasteiger partial charge < -0.3 is 4.74 Å². The first kappa shape index (κ1) is 13.1. The molecule has 0 N–H and O–H groups in total. The predicted octanol–water partition coefficient (Wildman–Crippen LogP) is 4.68. The van der Waals surface area contributed by atoms with Gasteiger partial charge in [-0.1, -0.05) is 28.1 Å². The third-order valence-electron chi connectivity index (χ3n) is 3.43. The van der Waals surface area contributed by atoms with E-state index in [1.807, 2.05) is 50.2 Å². The first-order valence-corrected chi connectivity index (χ1v) is 7.15. The first-order chi connectivity index (χ1) is 9.54. The lowest BCUT2D eigenvalue weighted by Gasteiger charge is -2.02. The van der Waals surface area contributed by atoms with E-state index in [2.05, 4.69) is 15.9 Å². The molecule has 1 aliphatic rings. The van der Waals surface area contributed by atoms with Crippen LogP contribution in [0.3, 0.4) is 0 Å². The van der Waals surface area contributed by atoms with Crippen LogP contribution in [0.15, 0.2) is 46.6 Å². The van der Waals surface area contributed by atoms with Gasteiger partial charge in [-0.15, -0.1) is 0 Å². The van der Waals surface area contributed by atoms with Crippen molar-refractivity contribution in [3.63, 3.8) is 0 Å². The highest BCUT2D eigenvalue weighted by Gasteiger charge is 2.27. The molecule has 2 aromatic rings. The summed E-state index contributed by atoms with van der Waals surface area (Å²) in [6.45, 7) is 4.01. The number of ketones is 1. The Morgan fingerprint density at radius 2 is 1.85 bits per heavy atom. The minimum atomic E-state index is -0.0527. The van der Waals surface area contributed by atoms with Gasteiger partial charge >= 0.3 is 0 Å². The lowest BCUT2D eigenvalue weighted by Crippen LogP contribution is -1.98. The quantitative estimate of drug-likeness (QED) is 0.710. The van der Waals surface area contributed by atoms with Crippen molar-refractivity contribution in [1.82, 2.24) is 0 Å². The summed E-state index contributed by atoms with van der Waals surface area (Å²) >= 11 is 3.42. The average molecular weight is 329 g/mol. The van der Waals surface area contributed by atoms with E-state index >= 15 is 0 Å². The summed E-state index contributed by atoms with van der Waals surface area (Å²) in [5.74, 6) is 0.977. The molecule has 0 aliphatic carbocycles. The van der Waals surface area contributed by atoms with Crippen LogP contribution < -0.4 is 4.74 Å². The van der Waals surface area contributed by atoms with E-state index in [0.29, 0.717) is 17.1 Å². The topological polar surface area (TPSA) is 26.3 Å². The van der Waals surface area contributed by atoms with Crippen molar-refractivity contribution in [3.05, 3.63) is 68.9 Å². The highest BCUT2D eigenvalue weighted by molar-refractivity contribution is 9.10. The number of aryl methyl sites for hydroxylation is 2. The molecule has 100 valence electrons. The van der Waals surface area contributed by atoms with Gasteiger partial charge in [0.1, 0.15) is 5.75 Å². The van der Waals surface area contributed by atoms with Crippen LogP contribution in [-0.2, 0) is 0 Å². The molecule has 1 heterocycles. The Kier molecular flexibility index (Phi) is 3.22. The monoisotopic (exact) mass is 328 g/mol. The number of halogens is 1. The Balaban J connectivity index is 2.01. The van der Waals surface area contributed by atoms with Gasteiger partial charge in [0.25, 0.3) is 0 Å². The number of ether oxygens (including phenoxy) is 1. The van der Waals surface area contributed by atoms with Crippen molar-refractivity contribution in [3.8, 4) is 5.75 Å². The van der Waals surface area contributed by atoms with Gasteiger partial charge in [0.05, 0.1) is 5.56 Å². The zero-order chi connectivity index (χ0) is 14.3. The normalized spacial score (nSPS) is 15.3. The second-order valence-corrected chi connectivity index (χ2v) is 5.84. The zero-order valence-electron chi connectivity index (χ0n) is 11.2. The van der Waals surface area contributed by atoms with E-state index in [9.17, 15) is 4.79 Å². The molecule has 0 aromatic heterocycles. The Bertz CT molecular complexity index is 745. The molecule has 1 aliphatic heterocycles. The largest absolute Gasteiger partial charge is 0.452 e. The maximum Gasteiger partial charge on any atom is 0.231 e. The Morgan fingerprint density at radius 1 is 1.10 bits per heavy atom. The predicted molar refractivity (Wildman–Crippen MR) is 83.0 cm³/mol. The highest BCUT2D eigenvalue weighted by atomic mass is 79.9. The Labute approximate surface area is 126 Å². The molecule has 2 nitrogen and oxygen atoms in total. The molecule has 0 spiro atoms. The van der Waals surface area contributed by atoms with Crippen LogP contribution in [0.4, 0.5) is 0 Å². The van der Waals surface area contributed by atoms with E-state index < -0.39 is 0 Å². The number of carbonyl (C=O) groups excluding carboxylic acids is 1. The molecule has 0 radical (unpaired) electrons. The maximum absolute atomic E-state index is 12.3. The fourth-order valence-electron chi connectivity index (χ4n) is 2.19. The third kappa shape index (κ3) is 2.29. The SMILES string of the molecule is Cc1cc2c(cc1C)C(=O)/C(=C/c1cccc(Br)c1)O2. The van der Waals surface area contributed by atoms with Gasteiger partial charge in [-0.25, -0.2) is 0 Å². The number of benzene rings is 2. The third-order valence-corrected chi connectivity index (χ3v) is 3.92. The number of carbonyl (C=O) groups is 1. The molecule has 2 aromatic carbocycles. The summed E-state index contributed by atoms with van der Waals surface area (Å²) in [5, 5.41) is 0. The van der Waals surface area contributed by atoms with Gasteiger partial charge in [-0.2, -0.15) is 0 Å². The number of fused-ring (bicyclic) bond motifs is 1. The van der Waals surface area contributed by atoms with Crippen molar-refractivity contribution in [2.24, 2.45) is 0 Å². The lowest BCUT2D eigenvalue weighted by atomic mass is 10.0. The smallest absolute Gasteiger partial charge is 0.231 e. The van der Waals surface area contributed by atoms with Crippen LogP contribution >= 0.6 is 15.9 Å². The fourth-order valence-corrected chi connectivity index (χ4v) is 2.61. The fraction of sp³-hybridized carbons (Fsp3) is 0.118. The number of rotatable bonds is 1. The Morgan fingerprint density at radius 3 is 2.60 bits per heavy atom. The van der Waals surface area contributed by atoms with Crippen molar-refractivity contribution < 1.29 is 9.53 Å². The maximum atomic E-state index is 12.3. The van der Waals surface area contributed by atoms with E-state index in [1.165, 1.54) is 0 Å². The van der Waals surface area contributed by atoms with Crippen LogP contribution in [0.5, 0.6) is 5.75 Å². The molecule has 0 fully saturated rings. The summed E-state index contributed by atoms with van der Waals surface area (Å²) < 4.78 is 6.67. The molecule has 3 rings (SSSR count). The molecular formula is C17H13BrO2. The van der Waals surface area contributed by atoms with E-state index in [4.69, 9.17) is 4.74 Å². The van der Waals surface area contributed by atoms with Crippen LogP contribution in [0.1, 0.15) is 27.0 Å². The lowest BCUT2D eigenvalue weighted by molar-refractivity contribution is 0.101. The number of hydrogen-bond donors (Lipinski definition) is 0. The second kappa shape index (κ2) is 4.91. The molecule has 0 bridgehead atoms. The number of hydrogen-bond acceptors (Lipinski definition) is 2. The van der Waals surface area contributed by atoms with Crippen molar-refractivity contribution >= 4 is 27.8 Å². The molecule has 3 heteroatoms. The molecular weight excluding hydrogens is 316 g/mol. The van der Waals surface area contributed by atoms with Gasteiger partial charge in [-0.05, 0) is 60.9 Å². The van der Waals surface area contributed by atoms with Crippen LogP contribution in [-0.4, -0.2) is 5.78 Å². The summed E-state index contributed by atoms with van der Waals surface area (Å²) in [6.07, 6.45) is 1.78. The minimum absolute atomic E-state index is 0.0527. The van der Waals surface area contributed by atoms with Gasteiger partial charge in [0.2, 0.25) is 5.78 Å². The number of Topliss-reactive ketones (excluding diaryl/α,β-unsaturated/α-hetero) is 1. The molecule has 0 unspecified atom stereocenters. The van der Waals surface area contributed by atoms with Crippen LogP contribution in [0.25, 0.3) is 6.08 Å². The van der Waals surface area contributed by atoms with E-state index in [0.717, 1.165) is 21.2 Å². The van der Waals surface area contributed by atoms with Gasteiger partial charge in [0.15, 0.2) is 5.76 Å². The minimum Gasteiger partial charge on any atom is -0.452 e. The van der Waals surface area contributed by atoms with E-state index in [1.54, 1.807) is 6.08 Å². The first-order valence-electron chi connectivity index (χ1n) is 6.35. The molecule has 20 heavy (non-hydrogen) atoms. The summed E-state index contributed by atoms with van der Waals surface area (Å²) in [6, 6.07) is 11.6. The second-order valence-electron chi connectivity index (χ2n) is 4.93. The van der Waals surface area contributed by atoms with Gasteiger partial charge in [-0.3, -0.25) is 4.79 Å². The molecule has 0 saturated carbocycles. The molecule has 0 atom stereocenters.